The first-order valence-electron chi connectivity index (χ1n) is 11.1. The molecule has 2 aliphatic rings. The number of anilines is 3. The highest BCUT2D eigenvalue weighted by molar-refractivity contribution is 6.04. The maximum Gasteiger partial charge on any atom is 0.259 e. The summed E-state index contributed by atoms with van der Waals surface area (Å²) in [6.07, 6.45) is 0.111. The van der Waals surface area contributed by atoms with E-state index in [0.717, 1.165) is 21.9 Å². The number of hydrogen-bond donors (Lipinski definition) is 3. The van der Waals surface area contributed by atoms with Gasteiger partial charge in [0.05, 0.1) is 6.61 Å². The third-order valence-electron chi connectivity index (χ3n) is 6.30. The van der Waals surface area contributed by atoms with Crippen molar-refractivity contribution in [3.63, 3.8) is 0 Å². The summed E-state index contributed by atoms with van der Waals surface area (Å²) in [7, 11) is 0. The van der Waals surface area contributed by atoms with Gasteiger partial charge in [-0.05, 0) is 59.3 Å². The quantitative estimate of drug-likeness (QED) is 0.503. The molecule has 1 saturated heterocycles. The Morgan fingerprint density at radius 1 is 1.14 bits per heavy atom. The fourth-order valence-corrected chi connectivity index (χ4v) is 4.48. The summed E-state index contributed by atoms with van der Waals surface area (Å²) < 4.78 is 5.50. The topological polar surface area (TPSA) is 135 Å². The number of aromatic nitrogens is 1. The number of hydrogen-bond acceptors (Lipinski definition) is 7. The molecule has 2 amide bonds. The second kappa shape index (κ2) is 9.99. The van der Waals surface area contributed by atoms with Gasteiger partial charge in [0.25, 0.3) is 11.8 Å². The van der Waals surface area contributed by atoms with Gasteiger partial charge < -0.3 is 25.8 Å². The summed E-state index contributed by atoms with van der Waals surface area (Å²) in [5.41, 5.74) is 8.95. The molecular weight excluding hydrogens is 472 g/mol. The first kappa shape index (κ1) is 24.6. The molecule has 1 aromatic heterocycles. The van der Waals surface area contributed by atoms with Gasteiger partial charge in [0.15, 0.2) is 12.2 Å². The number of nitrogens with zero attached hydrogens (tertiary/aromatic N) is 2. The van der Waals surface area contributed by atoms with E-state index in [4.69, 9.17) is 10.5 Å². The largest absolute Gasteiger partial charge is 0.383 e. The van der Waals surface area contributed by atoms with Crippen LogP contribution in [0.4, 0.5) is 17.2 Å². The highest BCUT2D eigenvalue weighted by Gasteiger charge is 2.39. The lowest BCUT2D eigenvalue weighted by Crippen LogP contribution is -2.55. The van der Waals surface area contributed by atoms with Crippen molar-refractivity contribution < 1.29 is 24.2 Å². The van der Waals surface area contributed by atoms with Crippen molar-refractivity contribution >= 4 is 58.0 Å². The van der Waals surface area contributed by atoms with Gasteiger partial charge in [-0.25, -0.2) is 4.98 Å². The number of amides is 2. The lowest BCUT2D eigenvalue weighted by molar-refractivity contribution is -0.150. The number of nitrogens with one attached hydrogen (secondary N) is 1. The monoisotopic (exact) mass is 496 g/mol. The molecule has 9 nitrogen and oxygen atoms in total. The normalized spacial score (nSPS) is 18.5. The Hall–Kier alpha value is -3.53. The van der Waals surface area contributed by atoms with Crippen LogP contribution >= 0.6 is 12.4 Å². The molecule has 0 saturated carbocycles. The minimum atomic E-state index is -1.70. The van der Waals surface area contributed by atoms with Crippen molar-refractivity contribution in [1.29, 1.82) is 0 Å². The van der Waals surface area contributed by atoms with E-state index >= 15 is 0 Å². The summed E-state index contributed by atoms with van der Waals surface area (Å²) in [4.78, 5) is 43.3. The van der Waals surface area contributed by atoms with Gasteiger partial charge in [-0.2, -0.15) is 0 Å². The fourth-order valence-electron chi connectivity index (χ4n) is 4.48. The van der Waals surface area contributed by atoms with Crippen LogP contribution in [-0.2, 0) is 32.0 Å². The molecule has 0 bridgehead atoms. The number of ketones is 1. The highest BCUT2D eigenvalue weighted by atomic mass is 35.5. The second-order valence-corrected chi connectivity index (χ2v) is 8.52. The molecular formula is C25H25ClN4O5. The van der Waals surface area contributed by atoms with E-state index < -0.39 is 24.0 Å². The Bertz CT molecular complexity index is 1310. The third kappa shape index (κ3) is 4.84. The third-order valence-corrected chi connectivity index (χ3v) is 6.30. The zero-order valence-corrected chi connectivity index (χ0v) is 19.6. The molecule has 1 aliphatic carbocycles. The van der Waals surface area contributed by atoms with Crippen LogP contribution in [0, 0.1) is 0 Å². The number of carbonyl (C=O) groups excluding carboxylic acids is 3. The SMILES string of the molecule is Cl.Nc1nccc2cc(NC(=O)[C@H](O)[C@H]3OCCN(c4ccc5c(c4)CC(=O)CC5)C3=O)ccc12. The number of morpholine rings is 1. The Morgan fingerprint density at radius 3 is 2.80 bits per heavy atom. The number of aliphatic hydroxyl groups is 1. The Kier molecular flexibility index (Phi) is 7.02. The van der Waals surface area contributed by atoms with Crippen molar-refractivity contribution in [2.24, 2.45) is 0 Å². The molecule has 182 valence electrons. The molecule has 0 spiro atoms. The highest BCUT2D eigenvalue weighted by Crippen LogP contribution is 2.28. The Labute approximate surface area is 207 Å². The number of rotatable bonds is 4. The van der Waals surface area contributed by atoms with Gasteiger partial charge in [0, 0.05) is 42.3 Å². The van der Waals surface area contributed by atoms with Crippen LogP contribution in [0.1, 0.15) is 17.5 Å². The van der Waals surface area contributed by atoms with Crippen molar-refractivity contribution in [2.75, 3.05) is 29.1 Å². The van der Waals surface area contributed by atoms with E-state index in [1.54, 1.807) is 30.5 Å². The number of carbonyl (C=O) groups is 3. The summed E-state index contributed by atoms with van der Waals surface area (Å²) in [5.74, 6) is -0.704. The zero-order valence-electron chi connectivity index (χ0n) is 18.8. The number of benzene rings is 2. The summed E-state index contributed by atoms with van der Waals surface area (Å²) in [6, 6.07) is 12.4. The first-order valence-corrected chi connectivity index (χ1v) is 11.1. The average molecular weight is 497 g/mol. The van der Waals surface area contributed by atoms with E-state index in [1.807, 2.05) is 18.2 Å². The fraction of sp³-hybridized carbons (Fsp3) is 0.280. The van der Waals surface area contributed by atoms with E-state index in [9.17, 15) is 19.5 Å². The Balaban J connectivity index is 0.00000289. The van der Waals surface area contributed by atoms with Gasteiger partial charge >= 0.3 is 0 Å². The Morgan fingerprint density at radius 2 is 1.97 bits per heavy atom. The van der Waals surface area contributed by atoms with E-state index in [1.165, 1.54) is 4.90 Å². The maximum atomic E-state index is 13.1. The first-order chi connectivity index (χ1) is 16.4. The van der Waals surface area contributed by atoms with Gasteiger partial charge in [-0.3, -0.25) is 14.4 Å². The van der Waals surface area contributed by atoms with E-state index in [2.05, 4.69) is 10.3 Å². The average Bonchev–Trinajstić information content (AvgIpc) is 2.83. The molecule has 0 radical (unpaired) electrons. The molecule has 2 atom stereocenters. The number of aryl methyl sites for hydroxylation is 1. The zero-order chi connectivity index (χ0) is 23.8. The number of aliphatic hydroxyl groups excluding tert-OH is 1. The molecule has 5 rings (SSSR count). The molecule has 1 aliphatic heterocycles. The van der Waals surface area contributed by atoms with Crippen molar-refractivity contribution in [3.8, 4) is 0 Å². The molecule has 10 heteroatoms. The van der Waals surface area contributed by atoms with Gasteiger partial charge in [-0.15, -0.1) is 12.4 Å². The minimum Gasteiger partial charge on any atom is -0.383 e. The molecule has 4 N–H and O–H groups in total. The van der Waals surface area contributed by atoms with Crippen LogP contribution in [-0.4, -0.2) is 53.0 Å². The predicted octanol–water partition coefficient (Wildman–Crippen LogP) is 2.03. The molecule has 3 aromatic rings. The van der Waals surface area contributed by atoms with Crippen molar-refractivity contribution in [1.82, 2.24) is 4.98 Å². The smallest absolute Gasteiger partial charge is 0.259 e. The van der Waals surface area contributed by atoms with Crippen LogP contribution in [0.15, 0.2) is 48.7 Å². The lowest BCUT2D eigenvalue weighted by atomic mass is 9.90. The molecule has 2 aromatic carbocycles. The minimum absolute atomic E-state index is 0. The van der Waals surface area contributed by atoms with Gasteiger partial charge in [0.2, 0.25) is 0 Å². The maximum absolute atomic E-state index is 13.1. The number of pyridine rings is 1. The van der Waals surface area contributed by atoms with Gasteiger partial charge in [-0.1, -0.05) is 6.07 Å². The standard InChI is InChI=1S/C25H24N4O5.ClH/c26-23-20-6-3-17(11-15(20)7-8-27-23)28-24(32)21(31)22-25(33)29(9-10-34-22)18-4-1-14-2-5-19(30)13-16(14)12-18;/h1,3-4,6-8,11-12,21-22,31H,2,5,9-10,13H2,(H2,26,27)(H,28,32);1H/t21-,22-;/m1./s1. The van der Waals surface area contributed by atoms with Crippen LogP contribution in [0.2, 0.25) is 0 Å². The second-order valence-electron chi connectivity index (χ2n) is 8.52. The van der Waals surface area contributed by atoms with E-state index in [0.29, 0.717) is 36.5 Å². The number of halogens is 1. The molecule has 2 heterocycles. The van der Waals surface area contributed by atoms with Crippen LogP contribution in [0.25, 0.3) is 10.8 Å². The molecule has 1 fully saturated rings. The molecule has 35 heavy (non-hydrogen) atoms. The van der Waals surface area contributed by atoms with Crippen molar-refractivity contribution in [3.05, 3.63) is 59.8 Å². The number of ether oxygens (including phenoxy) is 1. The predicted molar refractivity (Wildman–Crippen MR) is 134 cm³/mol. The summed E-state index contributed by atoms with van der Waals surface area (Å²) in [6.45, 7) is 0.454. The van der Waals surface area contributed by atoms with Crippen LogP contribution in [0.3, 0.4) is 0 Å². The number of fused-ring (bicyclic) bond motifs is 2. The summed E-state index contributed by atoms with van der Waals surface area (Å²) >= 11 is 0. The van der Waals surface area contributed by atoms with Crippen LogP contribution < -0.4 is 16.0 Å². The van der Waals surface area contributed by atoms with Gasteiger partial charge in [0.1, 0.15) is 11.6 Å². The number of Topliss-reactive ketones (excluding diaryl/α,β-unsaturated/α-hetero) is 1. The summed E-state index contributed by atoms with van der Waals surface area (Å²) in [5, 5.41) is 14.8. The molecule has 0 unspecified atom stereocenters. The number of nitrogen functional groups attached to an aromatic ring is 1. The lowest BCUT2D eigenvalue weighted by Gasteiger charge is -2.34. The van der Waals surface area contributed by atoms with Crippen LogP contribution in [0.5, 0.6) is 0 Å². The van der Waals surface area contributed by atoms with E-state index in [-0.39, 0.29) is 31.3 Å². The number of nitrogens with two attached hydrogens (primary N) is 1. The van der Waals surface area contributed by atoms with Crippen molar-refractivity contribution in [2.45, 2.75) is 31.5 Å².